The third-order valence-corrected chi connectivity index (χ3v) is 4.86. The summed E-state index contributed by atoms with van der Waals surface area (Å²) in [6.07, 6.45) is 7.13. The number of likely N-dealkylation sites (tertiary alicyclic amines) is 1. The highest BCUT2D eigenvalue weighted by atomic mass is 35.5. The van der Waals surface area contributed by atoms with Crippen molar-refractivity contribution in [3.8, 4) is 0 Å². The standard InChI is InChI=1S/C18H28N4O2.2ClH/c19-8-3-13-24-16-6-11-22(12-7-16)18(23)15-4-5-17(20-14-15)21-9-1-2-10-21;;/h4-5,14,16H,1-3,6-13,19H2;2*1H. The predicted molar refractivity (Wildman–Crippen MR) is 109 cm³/mol. The number of pyridine rings is 1. The van der Waals surface area contributed by atoms with Crippen molar-refractivity contribution in [1.29, 1.82) is 0 Å². The zero-order valence-electron chi connectivity index (χ0n) is 15.1. The van der Waals surface area contributed by atoms with Crippen LogP contribution in [0.1, 0.15) is 42.5 Å². The van der Waals surface area contributed by atoms with Gasteiger partial charge in [0.25, 0.3) is 5.91 Å². The summed E-state index contributed by atoms with van der Waals surface area (Å²) in [4.78, 5) is 21.3. The summed E-state index contributed by atoms with van der Waals surface area (Å²) in [7, 11) is 0. The molecule has 2 saturated heterocycles. The van der Waals surface area contributed by atoms with Gasteiger partial charge in [-0.05, 0) is 50.8 Å². The van der Waals surface area contributed by atoms with Gasteiger partial charge < -0.3 is 20.3 Å². The maximum absolute atomic E-state index is 12.6. The van der Waals surface area contributed by atoms with Crippen molar-refractivity contribution >= 4 is 36.5 Å². The highest BCUT2D eigenvalue weighted by molar-refractivity contribution is 5.94. The summed E-state index contributed by atoms with van der Waals surface area (Å²) in [5.41, 5.74) is 6.16. The Bertz CT molecular complexity index is 530. The van der Waals surface area contributed by atoms with E-state index in [4.69, 9.17) is 10.5 Å². The molecule has 2 aliphatic rings. The molecule has 0 radical (unpaired) electrons. The van der Waals surface area contributed by atoms with Gasteiger partial charge in [-0.2, -0.15) is 0 Å². The molecule has 2 fully saturated rings. The Kier molecular flexibility index (Phi) is 10.2. The first-order valence-corrected chi connectivity index (χ1v) is 9.10. The summed E-state index contributed by atoms with van der Waals surface area (Å²) in [5.74, 6) is 1.06. The molecule has 3 heterocycles. The first-order valence-electron chi connectivity index (χ1n) is 9.10. The van der Waals surface area contributed by atoms with Crippen molar-refractivity contribution in [1.82, 2.24) is 9.88 Å². The molecular weight excluding hydrogens is 375 g/mol. The molecule has 148 valence electrons. The highest BCUT2D eigenvalue weighted by Gasteiger charge is 2.24. The van der Waals surface area contributed by atoms with E-state index < -0.39 is 0 Å². The maximum atomic E-state index is 12.6. The van der Waals surface area contributed by atoms with E-state index in [1.165, 1.54) is 12.8 Å². The quantitative estimate of drug-likeness (QED) is 0.737. The van der Waals surface area contributed by atoms with Crippen LogP contribution in [0.5, 0.6) is 0 Å². The van der Waals surface area contributed by atoms with Gasteiger partial charge in [0, 0.05) is 39.0 Å². The number of ether oxygens (including phenoxy) is 1. The van der Waals surface area contributed by atoms with Gasteiger partial charge in [0.2, 0.25) is 0 Å². The molecule has 0 aromatic carbocycles. The fourth-order valence-electron chi connectivity index (χ4n) is 3.39. The lowest BCUT2D eigenvalue weighted by Crippen LogP contribution is -2.41. The Morgan fingerprint density at radius 2 is 1.85 bits per heavy atom. The molecule has 3 rings (SSSR count). The number of halogens is 2. The second-order valence-corrected chi connectivity index (χ2v) is 6.60. The second kappa shape index (κ2) is 11.6. The number of aromatic nitrogens is 1. The summed E-state index contributed by atoms with van der Waals surface area (Å²) in [6.45, 7) is 5.02. The Morgan fingerprint density at radius 3 is 2.42 bits per heavy atom. The SMILES string of the molecule is Cl.Cl.NCCCOC1CCN(C(=O)c2ccc(N3CCCC3)nc2)CC1. The van der Waals surface area contributed by atoms with Crippen LogP contribution in [-0.2, 0) is 4.74 Å². The van der Waals surface area contributed by atoms with Crippen LogP contribution in [0.2, 0.25) is 0 Å². The summed E-state index contributed by atoms with van der Waals surface area (Å²) in [5, 5.41) is 0. The third kappa shape index (κ3) is 5.98. The van der Waals surface area contributed by atoms with E-state index in [1.807, 2.05) is 17.0 Å². The maximum Gasteiger partial charge on any atom is 0.255 e. The van der Waals surface area contributed by atoms with E-state index in [0.717, 1.165) is 57.9 Å². The van der Waals surface area contributed by atoms with Gasteiger partial charge in [-0.15, -0.1) is 24.8 Å². The van der Waals surface area contributed by atoms with Gasteiger partial charge in [0.1, 0.15) is 5.82 Å². The van der Waals surface area contributed by atoms with E-state index in [2.05, 4.69) is 9.88 Å². The van der Waals surface area contributed by atoms with Crippen molar-refractivity contribution in [3.05, 3.63) is 23.9 Å². The Labute approximate surface area is 168 Å². The first kappa shape index (κ1) is 23.0. The summed E-state index contributed by atoms with van der Waals surface area (Å²) >= 11 is 0. The van der Waals surface area contributed by atoms with Crippen LogP contribution in [0.3, 0.4) is 0 Å². The first-order chi connectivity index (χ1) is 11.8. The average molecular weight is 405 g/mol. The number of hydrogen-bond donors (Lipinski definition) is 1. The van der Waals surface area contributed by atoms with Crippen molar-refractivity contribution in [3.63, 3.8) is 0 Å². The Hall–Kier alpha value is -1.08. The number of rotatable bonds is 6. The zero-order valence-corrected chi connectivity index (χ0v) is 16.8. The predicted octanol–water partition coefficient (Wildman–Crippen LogP) is 2.50. The van der Waals surface area contributed by atoms with Crippen molar-refractivity contribution in [2.24, 2.45) is 5.73 Å². The number of nitrogens with two attached hydrogens (primary N) is 1. The van der Waals surface area contributed by atoms with Crippen molar-refractivity contribution in [2.75, 3.05) is 44.2 Å². The molecule has 26 heavy (non-hydrogen) atoms. The molecule has 2 N–H and O–H groups in total. The number of hydrogen-bond acceptors (Lipinski definition) is 5. The van der Waals surface area contributed by atoms with E-state index in [-0.39, 0.29) is 36.8 Å². The molecule has 2 aliphatic heterocycles. The van der Waals surface area contributed by atoms with Crippen LogP contribution in [0.4, 0.5) is 5.82 Å². The molecule has 1 amide bonds. The van der Waals surface area contributed by atoms with Crippen LogP contribution >= 0.6 is 24.8 Å². The molecule has 1 aromatic rings. The molecule has 0 saturated carbocycles. The van der Waals surface area contributed by atoms with Gasteiger partial charge in [0.15, 0.2) is 0 Å². The minimum atomic E-state index is 0. The van der Waals surface area contributed by atoms with Gasteiger partial charge in [-0.1, -0.05) is 0 Å². The molecule has 8 heteroatoms. The number of amides is 1. The molecule has 1 aromatic heterocycles. The number of anilines is 1. The normalized spacial score (nSPS) is 17.6. The minimum Gasteiger partial charge on any atom is -0.378 e. The average Bonchev–Trinajstić information content (AvgIpc) is 3.17. The summed E-state index contributed by atoms with van der Waals surface area (Å²) in [6, 6.07) is 3.88. The smallest absolute Gasteiger partial charge is 0.255 e. The van der Waals surface area contributed by atoms with Crippen LogP contribution in [0, 0.1) is 0 Å². The monoisotopic (exact) mass is 404 g/mol. The number of carbonyl (C=O) groups excluding carboxylic acids is 1. The molecule has 0 atom stereocenters. The van der Waals surface area contributed by atoms with E-state index in [1.54, 1.807) is 6.20 Å². The van der Waals surface area contributed by atoms with E-state index >= 15 is 0 Å². The molecule has 0 aliphatic carbocycles. The van der Waals surface area contributed by atoms with Crippen molar-refractivity contribution in [2.45, 2.75) is 38.2 Å². The fourth-order valence-corrected chi connectivity index (χ4v) is 3.39. The van der Waals surface area contributed by atoms with Crippen LogP contribution in [0.15, 0.2) is 18.3 Å². The van der Waals surface area contributed by atoms with Gasteiger partial charge >= 0.3 is 0 Å². The lowest BCUT2D eigenvalue weighted by molar-refractivity contribution is 0.00844. The van der Waals surface area contributed by atoms with Gasteiger partial charge in [-0.3, -0.25) is 4.79 Å². The minimum absolute atomic E-state index is 0. The lowest BCUT2D eigenvalue weighted by Gasteiger charge is -2.32. The van der Waals surface area contributed by atoms with Crippen LogP contribution in [-0.4, -0.2) is 61.2 Å². The topological polar surface area (TPSA) is 71.7 Å². The van der Waals surface area contributed by atoms with E-state index in [0.29, 0.717) is 12.1 Å². The Morgan fingerprint density at radius 1 is 1.15 bits per heavy atom. The van der Waals surface area contributed by atoms with Crippen molar-refractivity contribution < 1.29 is 9.53 Å². The largest absolute Gasteiger partial charge is 0.378 e. The van der Waals surface area contributed by atoms with Gasteiger partial charge in [0.05, 0.1) is 11.7 Å². The molecule has 0 unspecified atom stereocenters. The molecule has 6 nitrogen and oxygen atoms in total. The number of nitrogens with zero attached hydrogens (tertiary/aromatic N) is 3. The third-order valence-electron chi connectivity index (χ3n) is 4.86. The highest BCUT2D eigenvalue weighted by Crippen LogP contribution is 2.20. The molecule has 0 spiro atoms. The lowest BCUT2D eigenvalue weighted by atomic mass is 10.1. The number of carbonyl (C=O) groups is 1. The second-order valence-electron chi connectivity index (χ2n) is 6.60. The summed E-state index contributed by atoms with van der Waals surface area (Å²) < 4.78 is 5.79. The zero-order chi connectivity index (χ0) is 16.8. The number of piperidine rings is 1. The van der Waals surface area contributed by atoms with Gasteiger partial charge in [-0.25, -0.2) is 4.98 Å². The van der Waals surface area contributed by atoms with Crippen LogP contribution < -0.4 is 10.6 Å². The Balaban J connectivity index is 0.00000169. The van der Waals surface area contributed by atoms with Crippen LogP contribution in [0.25, 0.3) is 0 Å². The van der Waals surface area contributed by atoms with E-state index in [9.17, 15) is 4.79 Å². The molecule has 0 bridgehead atoms. The fraction of sp³-hybridized carbons (Fsp3) is 0.667. The molecular formula is C18H30Cl2N4O2.